The zero-order valence-corrected chi connectivity index (χ0v) is 33.1. The van der Waals surface area contributed by atoms with Crippen molar-refractivity contribution < 1.29 is 0 Å². The van der Waals surface area contributed by atoms with E-state index in [9.17, 15) is 0 Å². The summed E-state index contributed by atoms with van der Waals surface area (Å²) in [6, 6.07) is 51.4. The highest BCUT2D eigenvalue weighted by molar-refractivity contribution is 5.92. The van der Waals surface area contributed by atoms with Crippen molar-refractivity contribution in [2.45, 2.75) is 31.6 Å². The fourth-order valence-electron chi connectivity index (χ4n) is 10.6. The number of rotatable bonds is 9. The molecule has 5 aromatic carbocycles. The van der Waals surface area contributed by atoms with Crippen LogP contribution in [0.25, 0.3) is 28.2 Å². The summed E-state index contributed by atoms with van der Waals surface area (Å²) < 4.78 is 2.37. The zero-order valence-electron chi connectivity index (χ0n) is 33.1. The Morgan fingerprint density at radius 1 is 0.690 bits per heavy atom. The molecule has 0 amide bonds. The van der Waals surface area contributed by atoms with Gasteiger partial charge in [0.05, 0.1) is 5.52 Å². The van der Waals surface area contributed by atoms with Gasteiger partial charge in [0.15, 0.2) is 0 Å². The van der Waals surface area contributed by atoms with Gasteiger partial charge in [0.1, 0.15) is 0 Å². The summed E-state index contributed by atoms with van der Waals surface area (Å²) in [4.78, 5) is 2.57. The van der Waals surface area contributed by atoms with Crippen molar-refractivity contribution in [2.75, 3.05) is 4.90 Å². The van der Waals surface area contributed by atoms with Crippen LogP contribution >= 0.6 is 0 Å². The van der Waals surface area contributed by atoms with Gasteiger partial charge >= 0.3 is 0 Å². The van der Waals surface area contributed by atoms with E-state index in [4.69, 9.17) is 0 Å². The van der Waals surface area contributed by atoms with Crippen LogP contribution in [0.5, 0.6) is 0 Å². The predicted octanol–water partition coefficient (Wildman–Crippen LogP) is 13.9. The van der Waals surface area contributed by atoms with E-state index in [2.05, 4.69) is 217 Å². The summed E-state index contributed by atoms with van der Waals surface area (Å²) in [6.45, 7) is 6.18. The summed E-state index contributed by atoms with van der Waals surface area (Å²) in [7, 11) is 0. The van der Waals surface area contributed by atoms with Gasteiger partial charge in [0, 0.05) is 57.0 Å². The van der Waals surface area contributed by atoms with E-state index >= 15 is 0 Å². The molecule has 1 heterocycles. The maximum absolute atomic E-state index is 3.94. The predicted molar refractivity (Wildman–Crippen MR) is 245 cm³/mol. The Kier molecular flexibility index (Phi) is 9.26. The molecule has 0 aliphatic heterocycles. The average Bonchev–Trinajstić information content (AvgIpc) is 3.75. The second kappa shape index (κ2) is 15.0. The molecule has 1 saturated carbocycles. The fourth-order valence-corrected chi connectivity index (χ4v) is 10.6. The van der Waals surface area contributed by atoms with Gasteiger partial charge < -0.3 is 9.47 Å². The lowest BCUT2D eigenvalue weighted by molar-refractivity contribution is 0.330. The first kappa shape index (κ1) is 35.8. The molecule has 1 fully saturated rings. The van der Waals surface area contributed by atoms with Crippen LogP contribution in [0.1, 0.15) is 47.2 Å². The van der Waals surface area contributed by atoms with Crippen LogP contribution in [-0.4, -0.2) is 4.57 Å². The number of hydrogen-bond acceptors (Lipinski definition) is 1. The summed E-state index contributed by atoms with van der Waals surface area (Å²) in [5, 5.41) is 1.28. The summed E-state index contributed by atoms with van der Waals surface area (Å²) in [5.41, 5.74) is 15.6. The molecular weight excluding hydrogens is 701 g/mol. The molecule has 282 valence electrons. The van der Waals surface area contributed by atoms with Crippen molar-refractivity contribution in [1.29, 1.82) is 0 Å². The first-order chi connectivity index (χ1) is 28.7. The molecule has 4 aliphatic carbocycles. The van der Waals surface area contributed by atoms with E-state index in [1.165, 1.54) is 61.5 Å². The van der Waals surface area contributed by atoms with Crippen molar-refractivity contribution >= 4 is 28.2 Å². The monoisotopic (exact) mass is 748 g/mol. The average molecular weight is 749 g/mol. The Hall–Kier alpha value is -6.64. The van der Waals surface area contributed by atoms with E-state index < -0.39 is 0 Å². The number of aromatic nitrogens is 1. The molecule has 0 N–H and O–H groups in total. The Morgan fingerprint density at radius 3 is 2.02 bits per heavy atom. The third-order valence-electron chi connectivity index (χ3n) is 13.1. The molecule has 0 spiro atoms. The van der Waals surface area contributed by atoms with Gasteiger partial charge in [-0.15, -0.1) is 0 Å². The normalized spacial score (nSPS) is 20.5. The van der Waals surface area contributed by atoms with Crippen molar-refractivity contribution in [3.8, 4) is 5.69 Å². The van der Waals surface area contributed by atoms with Crippen LogP contribution in [0.15, 0.2) is 224 Å². The molecule has 0 radical (unpaired) electrons. The molecule has 0 bridgehead atoms. The van der Waals surface area contributed by atoms with E-state index in [1.807, 2.05) is 12.2 Å². The molecule has 2 heteroatoms. The van der Waals surface area contributed by atoms with Gasteiger partial charge in [-0.2, -0.15) is 0 Å². The number of hydrogen-bond donors (Lipinski definition) is 0. The first-order valence-corrected chi connectivity index (χ1v) is 20.8. The summed E-state index contributed by atoms with van der Waals surface area (Å²) in [6.07, 6.45) is 28.1. The number of para-hydroxylation sites is 2. The SMILES string of the molecule is C=C/C=C\c1c(C)c2cc(C3=CC=C(N(C4=CC=C5C6C=CC=CC6C(c6ccccc6)(c6ccccc6)C5C4)c4ccccc4)CC3)ccc2n1-c1ccccc1. The molecule has 58 heavy (non-hydrogen) atoms. The fraction of sp³-hybridized carbons (Fsp3) is 0.143. The lowest BCUT2D eigenvalue weighted by atomic mass is 9.60. The maximum atomic E-state index is 3.94. The lowest BCUT2D eigenvalue weighted by Gasteiger charge is -2.44. The third-order valence-corrected chi connectivity index (χ3v) is 13.1. The second-order valence-corrected chi connectivity index (χ2v) is 16.0. The summed E-state index contributed by atoms with van der Waals surface area (Å²) >= 11 is 0. The standard InChI is InChI=1S/C56H48N2/c1-3-4-29-54-40(2)51-38-42(32-37-55(51)58(54)46-25-15-8-16-26-46)41-30-33-47(34-31-41)57(45-23-13-7-14-24-45)48-35-36-50-49-27-17-18-28-52(49)56(53(50)39-48,43-19-9-5-10-20-43)44-21-11-6-12-22-44/h3-30,32-33,35-38,49,52-53H,1,31,34,39H2,2H3/b29-4-. The van der Waals surface area contributed by atoms with Crippen molar-refractivity contribution in [2.24, 2.45) is 17.8 Å². The number of allylic oxidation sites excluding steroid dienone is 14. The van der Waals surface area contributed by atoms with E-state index in [1.54, 1.807) is 5.57 Å². The number of aryl methyl sites for hydroxylation is 1. The molecule has 0 saturated heterocycles. The second-order valence-electron chi connectivity index (χ2n) is 16.0. The third kappa shape index (κ3) is 5.86. The highest BCUT2D eigenvalue weighted by Gasteiger charge is 2.58. The largest absolute Gasteiger partial charge is 0.318 e. The number of nitrogens with zero attached hydrogens (tertiary/aromatic N) is 2. The highest BCUT2D eigenvalue weighted by Crippen LogP contribution is 2.63. The molecule has 3 atom stereocenters. The Labute approximate surface area is 343 Å². The van der Waals surface area contributed by atoms with Gasteiger partial charge in [-0.3, -0.25) is 0 Å². The van der Waals surface area contributed by atoms with Crippen molar-refractivity contribution in [3.05, 3.63) is 252 Å². The minimum atomic E-state index is -0.201. The van der Waals surface area contributed by atoms with Gasteiger partial charge in [-0.1, -0.05) is 164 Å². The molecule has 3 unspecified atom stereocenters. The Bertz CT molecular complexity index is 2680. The number of anilines is 1. The van der Waals surface area contributed by atoms with Gasteiger partial charge in [-0.05, 0) is 109 Å². The topological polar surface area (TPSA) is 8.17 Å². The van der Waals surface area contributed by atoms with Crippen molar-refractivity contribution in [1.82, 2.24) is 4.57 Å². The van der Waals surface area contributed by atoms with Crippen LogP contribution in [-0.2, 0) is 5.41 Å². The summed E-state index contributed by atoms with van der Waals surface area (Å²) in [5.74, 6) is 0.985. The van der Waals surface area contributed by atoms with Gasteiger partial charge in [-0.25, -0.2) is 0 Å². The minimum Gasteiger partial charge on any atom is -0.318 e. The quantitative estimate of drug-likeness (QED) is 0.134. The smallest absolute Gasteiger partial charge is 0.0537 e. The van der Waals surface area contributed by atoms with Crippen LogP contribution in [0.4, 0.5) is 5.69 Å². The van der Waals surface area contributed by atoms with Crippen LogP contribution in [0.2, 0.25) is 0 Å². The van der Waals surface area contributed by atoms with E-state index in [-0.39, 0.29) is 5.41 Å². The van der Waals surface area contributed by atoms with Gasteiger partial charge in [0.2, 0.25) is 0 Å². The van der Waals surface area contributed by atoms with Crippen LogP contribution < -0.4 is 4.90 Å². The lowest BCUT2D eigenvalue weighted by Crippen LogP contribution is -2.40. The zero-order chi connectivity index (χ0) is 39.1. The van der Waals surface area contributed by atoms with Crippen LogP contribution in [0, 0.1) is 24.7 Å². The maximum Gasteiger partial charge on any atom is 0.0537 e. The number of benzene rings is 5. The minimum absolute atomic E-state index is 0.201. The van der Waals surface area contributed by atoms with Gasteiger partial charge in [0.25, 0.3) is 0 Å². The first-order valence-electron chi connectivity index (χ1n) is 20.8. The Balaban J connectivity index is 1.05. The molecule has 1 aromatic heterocycles. The van der Waals surface area contributed by atoms with E-state index in [0.29, 0.717) is 17.8 Å². The Morgan fingerprint density at radius 2 is 1.34 bits per heavy atom. The molecular formula is C56H48N2. The van der Waals surface area contributed by atoms with Crippen LogP contribution in [0.3, 0.4) is 0 Å². The molecule has 10 rings (SSSR count). The molecule has 4 aliphatic rings. The molecule has 6 aromatic rings. The highest BCUT2D eigenvalue weighted by atomic mass is 15.2. The molecule has 2 nitrogen and oxygen atoms in total. The van der Waals surface area contributed by atoms with Crippen molar-refractivity contribution in [3.63, 3.8) is 0 Å². The number of fused-ring (bicyclic) bond motifs is 4. The van der Waals surface area contributed by atoms with E-state index in [0.717, 1.165) is 24.9 Å².